The van der Waals surface area contributed by atoms with E-state index in [9.17, 15) is 4.79 Å². The third-order valence-corrected chi connectivity index (χ3v) is 3.23. The van der Waals surface area contributed by atoms with Crippen LogP contribution in [0.2, 0.25) is 0 Å². The van der Waals surface area contributed by atoms with Crippen LogP contribution in [0.1, 0.15) is 25.7 Å². The maximum atomic E-state index is 11.3. The van der Waals surface area contributed by atoms with Gasteiger partial charge in [-0.05, 0) is 31.1 Å². The molecule has 0 heterocycles. The molecule has 2 nitrogen and oxygen atoms in total. The molecular formula is C9H14O2. The van der Waals surface area contributed by atoms with Crippen molar-refractivity contribution in [2.75, 3.05) is 6.61 Å². The summed E-state index contributed by atoms with van der Waals surface area (Å²) in [5, 5.41) is 8.98. The number of rotatable bonds is 1. The Morgan fingerprint density at radius 3 is 2.73 bits per heavy atom. The molecule has 11 heavy (non-hydrogen) atoms. The summed E-state index contributed by atoms with van der Waals surface area (Å²) >= 11 is 0. The molecule has 3 rings (SSSR count). The maximum absolute atomic E-state index is 11.3. The standard InChI is InChI=1S/C9H14O2/c10-5-7-3-6-1-2-8(7)9(11)4-6/h6-8,10H,1-5H2/t6-,7+,8+/m1/s1. The van der Waals surface area contributed by atoms with E-state index in [1.54, 1.807) is 0 Å². The second kappa shape index (κ2) is 2.59. The first-order valence-electron chi connectivity index (χ1n) is 4.45. The van der Waals surface area contributed by atoms with Crippen LogP contribution in [0, 0.1) is 17.8 Å². The van der Waals surface area contributed by atoms with E-state index in [-0.39, 0.29) is 12.5 Å². The minimum atomic E-state index is 0.213. The van der Waals surface area contributed by atoms with Crippen molar-refractivity contribution in [3.63, 3.8) is 0 Å². The zero-order valence-corrected chi connectivity index (χ0v) is 6.62. The molecular weight excluding hydrogens is 140 g/mol. The van der Waals surface area contributed by atoms with Crippen LogP contribution < -0.4 is 0 Å². The summed E-state index contributed by atoms with van der Waals surface area (Å²) in [6.07, 6.45) is 4.13. The van der Waals surface area contributed by atoms with Crippen LogP contribution in [0.4, 0.5) is 0 Å². The fourth-order valence-electron chi connectivity index (χ4n) is 2.61. The van der Waals surface area contributed by atoms with Crippen LogP contribution in [-0.2, 0) is 4.79 Å². The molecule has 0 radical (unpaired) electrons. The minimum Gasteiger partial charge on any atom is -0.396 e. The summed E-state index contributed by atoms with van der Waals surface area (Å²) in [4.78, 5) is 11.3. The average Bonchev–Trinajstić information content (AvgIpc) is 2.04. The number of fused-ring (bicyclic) bond motifs is 3. The quantitative estimate of drug-likeness (QED) is 0.611. The summed E-state index contributed by atoms with van der Waals surface area (Å²) in [5.74, 6) is 1.52. The first-order chi connectivity index (χ1) is 5.31. The molecule has 3 fully saturated rings. The highest BCUT2D eigenvalue weighted by molar-refractivity contribution is 5.83. The van der Waals surface area contributed by atoms with Crippen LogP contribution in [0.3, 0.4) is 0 Å². The van der Waals surface area contributed by atoms with Crippen molar-refractivity contribution in [3.05, 3.63) is 0 Å². The van der Waals surface area contributed by atoms with Gasteiger partial charge in [-0.1, -0.05) is 0 Å². The van der Waals surface area contributed by atoms with Gasteiger partial charge in [0.05, 0.1) is 0 Å². The van der Waals surface area contributed by atoms with E-state index in [2.05, 4.69) is 0 Å². The number of carbonyl (C=O) groups excluding carboxylic acids is 1. The third-order valence-electron chi connectivity index (χ3n) is 3.23. The van der Waals surface area contributed by atoms with Crippen molar-refractivity contribution in [2.45, 2.75) is 25.7 Å². The van der Waals surface area contributed by atoms with Crippen LogP contribution >= 0.6 is 0 Å². The highest BCUT2D eigenvalue weighted by atomic mass is 16.3. The highest BCUT2D eigenvalue weighted by Gasteiger charge is 2.40. The van der Waals surface area contributed by atoms with Gasteiger partial charge in [-0.25, -0.2) is 0 Å². The molecule has 1 N–H and O–H groups in total. The monoisotopic (exact) mass is 154 g/mol. The SMILES string of the molecule is O=C1C[C@@H]2CC[C@H]1[C@H](CO)C2. The Morgan fingerprint density at radius 1 is 1.45 bits per heavy atom. The molecule has 0 aliphatic heterocycles. The largest absolute Gasteiger partial charge is 0.396 e. The number of Topliss-reactive ketones (excluding diaryl/α,β-unsaturated/α-hetero) is 1. The third kappa shape index (κ3) is 1.09. The van der Waals surface area contributed by atoms with Crippen molar-refractivity contribution >= 4 is 5.78 Å². The molecule has 0 aromatic heterocycles. The van der Waals surface area contributed by atoms with Crippen LogP contribution in [-0.4, -0.2) is 17.5 Å². The molecule has 0 unspecified atom stereocenters. The lowest BCUT2D eigenvalue weighted by Gasteiger charge is -2.40. The number of hydrogen-bond acceptors (Lipinski definition) is 2. The molecule has 3 saturated carbocycles. The fraction of sp³-hybridized carbons (Fsp3) is 0.889. The summed E-state index contributed by atoms with van der Waals surface area (Å²) in [5.41, 5.74) is 0. The number of aliphatic hydroxyl groups is 1. The van der Waals surface area contributed by atoms with E-state index < -0.39 is 0 Å². The molecule has 3 atom stereocenters. The number of aliphatic hydroxyl groups excluding tert-OH is 1. The number of carbonyl (C=O) groups is 1. The lowest BCUT2D eigenvalue weighted by atomic mass is 9.64. The topological polar surface area (TPSA) is 37.3 Å². The van der Waals surface area contributed by atoms with Crippen molar-refractivity contribution < 1.29 is 9.90 Å². The second-order valence-electron chi connectivity index (χ2n) is 3.90. The summed E-state index contributed by atoms with van der Waals surface area (Å²) in [7, 11) is 0. The maximum Gasteiger partial charge on any atom is 0.136 e. The van der Waals surface area contributed by atoms with Gasteiger partial charge in [0.1, 0.15) is 5.78 Å². The van der Waals surface area contributed by atoms with E-state index >= 15 is 0 Å². The normalized spacial score (nSPS) is 43.0. The van der Waals surface area contributed by atoms with Crippen molar-refractivity contribution in [2.24, 2.45) is 17.8 Å². The number of ketones is 1. The Balaban J connectivity index is 2.13. The molecule has 2 heteroatoms. The van der Waals surface area contributed by atoms with Gasteiger partial charge in [-0.3, -0.25) is 4.79 Å². The highest BCUT2D eigenvalue weighted by Crippen LogP contribution is 2.42. The Labute approximate surface area is 66.6 Å². The smallest absolute Gasteiger partial charge is 0.136 e. The van der Waals surface area contributed by atoms with E-state index in [0.29, 0.717) is 17.6 Å². The summed E-state index contributed by atoms with van der Waals surface area (Å²) in [6.45, 7) is 0.215. The molecule has 3 aliphatic rings. The van der Waals surface area contributed by atoms with Crippen LogP contribution in [0.15, 0.2) is 0 Å². The molecule has 0 aromatic carbocycles. The number of hydrogen-bond donors (Lipinski definition) is 1. The Morgan fingerprint density at radius 2 is 2.27 bits per heavy atom. The van der Waals surface area contributed by atoms with Gasteiger partial charge in [0, 0.05) is 18.9 Å². The van der Waals surface area contributed by atoms with Gasteiger partial charge in [0.2, 0.25) is 0 Å². The lowest BCUT2D eigenvalue weighted by molar-refractivity contribution is -0.133. The van der Waals surface area contributed by atoms with E-state index in [4.69, 9.17) is 5.11 Å². The van der Waals surface area contributed by atoms with Crippen LogP contribution in [0.5, 0.6) is 0 Å². The zero-order chi connectivity index (χ0) is 7.84. The molecule has 62 valence electrons. The Hall–Kier alpha value is -0.370. The molecule has 3 aliphatic carbocycles. The first kappa shape index (κ1) is 7.29. The van der Waals surface area contributed by atoms with E-state index in [1.165, 1.54) is 6.42 Å². The molecule has 2 bridgehead atoms. The van der Waals surface area contributed by atoms with Gasteiger partial charge in [0.25, 0.3) is 0 Å². The predicted molar refractivity (Wildman–Crippen MR) is 41.0 cm³/mol. The molecule has 0 spiro atoms. The zero-order valence-electron chi connectivity index (χ0n) is 6.62. The minimum absolute atomic E-state index is 0.213. The van der Waals surface area contributed by atoms with Crippen LogP contribution in [0.25, 0.3) is 0 Å². The van der Waals surface area contributed by atoms with E-state index in [0.717, 1.165) is 19.3 Å². The molecule has 0 aromatic rings. The van der Waals surface area contributed by atoms with Crippen molar-refractivity contribution in [1.82, 2.24) is 0 Å². The Bertz CT molecular complexity index is 176. The summed E-state index contributed by atoms with van der Waals surface area (Å²) < 4.78 is 0. The lowest BCUT2D eigenvalue weighted by Crippen LogP contribution is -2.39. The van der Waals surface area contributed by atoms with Gasteiger partial charge in [-0.2, -0.15) is 0 Å². The first-order valence-corrected chi connectivity index (χ1v) is 4.45. The van der Waals surface area contributed by atoms with E-state index in [1.807, 2.05) is 0 Å². The van der Waals surface area contributed by atoms with Gasteiger partial charge < -0.3 is 5.11 Å². The molecule has 0 amide bonds. The Kier molecular flexibility index (Phi) is 1.72. The fourth-order valence-corrected chi connectivity index (χ4v) is 2.61. The predicted octanol–water partition coefficient (Wildman–Crippen LogP) is 0.984. The second-order valence-corrected chi connectivity index (χ2v) is 3.90. The average molecular weight is 154 g/mol. The van der Waals surface area contributed by atoms with Gasteiger partial charge in [-0.15, -0.1) is 0 Å². The van der Waals surface area contributed by atoms with Gasteiger partial charge >= 0.3 is 0 Å². The van der Waals surface area contributed by atoms with Gasteiger partial charge in [0.15, 0.2) is 0 Å². The van der Waals surface area contributed by atoms with Crippen molar-refractivity contribution in [3.8, 4) is 0 Å². The van der Waals surface area contributed by atoms with Crippen molar-refractivity contribution in [1.29, 1.82) is 0 Å². The summed E-state index contributed by atoms with van der Waals surface area (Å²) in [6, 6.07) is 0. The molecule has 0 saturated heterocycles.